The van der Waals surface area contributed by atoms with E-state index in [9.17, 15) is 9.59 Å². The molecule has 2 aliphatic rings. The van der Waals surface area contributed by atoms with Crippen molar-refractivity contribution in [3.05, 3.63) is 75.7 Å². The minimum atomic E-state index is -0.370. The highest BCUT2D eigenvalue weighted by Crippen LogP contribution is 2.43. The molecule has 26 heavy (non-hydrogen) atoms. The normalized spacial score (nSPS) is 18.8. The molecule has 6 heteroatoms. The standard InChI is InChI=1S/C20H19N3O2S/c1-2-11-26-20-22-18-17(19(25)23-20)15(12-7-4-3-5-8-12)16-13(21-18)9-6-10-14(16)24/h2-5,7-8,15H,1,6,9-11H2,(H2,21,22,23,25)/t15-/m0/s1. The Morgan fingerprint density at radius 3 is 2.81 bits per heavy atom. The highest BCUT2D eigenvalue weighted by molar-refractivity contribution is 7.99. The predicted molar refractivity (Wildman–Crippen MR) is 104 cm³/mol. The number of fused-ring (bicyclic) bond motifs is 1. The van der Waals surface area contributed by atoms with Crippen molar-refractivity contribution >= 4 is 23.4 Å². The number of hydrogen-bond donors (Lipinski definition) is 2. The quantitative estimate of drug-likeness (QED) is 0.492. The third-order valence-electron chi connectivity index (χ3n) is 4.71. The largest absolute Gasteiger partial charge is 0.343 e. The van der Waals surface area contributed by atoms with Gasteiger partial charge in [-0.3, -0.25) is 9.59 Å². The van der Waals surface area contributed by atoms with Crippen molar-refractivity contribution in [2.45, 2.75) is 30.3 Å². The molecular formula is C20H19N3O2S. The monoisotopic (exact) mass is 365 g/mol. The maximum Gasteiger partial charge on any atom is 0.257 e. The van der Waals surface area contributed by atoms with Gasteiger partial charge < -0.3 is 10.3 Å². The Balaban J connectivity index is 1.91. The van der Waals surface area contributed by atoms with E-state index in [2.05, 4.69) is 21.9 Å². The number of ketones is 1. The number of allylic oxidation sites excluding steroid dienone is 2. The number of aromatic amines is 1. The molecule has 1 aromatic heterocycles. The molecule has 1 atom stereocenters. The first-order chi connectivity index (χ1) is 12.7. The van der Waals surface area contributed by atoms with Gasteiger partial charge in [-0.05, 0) is 18.4 Å². The van der Waals surface area contributed by atoms with Gasteiger partial charge in [-0.2, -0.15) is 0 Å². The van der Waals surface area contributed by atoms with Gasteiger partial charge in [0.05, 0.1) is 5.56 Å². The first kappa shape index (κ1) is 16.8. The molecule has 0 saturated heterocycles. The number of H-pyrrole nitrogens is 1. The summed E-state index contributed by atoms with van der Waals surface area (Å²) in [5.41, 5.74) is 2.88. The lowest BCUT2D eigenvalue weighted by Gasteiger charge is -2.32. The topological polar surface area (TPSA) is 74.8 Å². The van der Waals surface area contributed by atoms with E-state index < -0.39 is 0 Å². The number of benzene rings is 1. The lowest BCUT2D eigenvalue weighted by molar-refractivity contribution is -0.116. The average Bonchev–Trinajstić information content (AvgIpc) is 2.65. The van der Waals surface area contributed by atoms with Crippen LogP contribution in [0.5, 0.6) is 0 Å². The first-order valence-electron chi connectivity index (χ1n) is 8.65. The molecular weight excluding hydrogens is 346 g/mol. The van der Waals surface area contributed by atoms with Crippen molar-refractivity contribution in [2.75, 3.05) is 11.1 Å². The summed E-state index contributed by atoms with van der Waals surface area (Å²) in [7, 11) is 0. The molecule has 132 valence electrons. The zero-order valence-corrected chi connectivity index (χ0v) is 15.1. The summed E-state index contributed by atoms with van der Waals surface area (Å²) < 4.78 is 0. The third-order valence-corrected chi connectivity index (χ3v) is 5.58. The minimum absolute atomic E-state index is 0.114. The van der Waals surface area contributed by atoms with Crippen molar-refractivity contribution in [2.24, 2.45) is 0 Å². The highest BCUT2D eigenvalue weighted by Gasteiger charge is 2.37. The number of carbonyl (C=O) groups excluding carboxylic acids is 1. The summed E-state index contributed by atoms with van der Waals surface area (Å²) in [5, 5.41) is 3.83. The number of Topliss-reactive ketones (excluding diaryl/α,β-unsaturated/α-hetero) is 1. The molecule has 1 aliphatic heterocycles. The second-order valence-corrected chi connectivity index (χ2v) is 7.38. The van der Waals surface area contributed by atoms with Gasteiger partial charge in [-0.25, -0.2) is 4.98 Å². The van der Waals surface area contributed by atoms with Crippen molar-refractivity contribution < 1.29 is 4.79 Å². The summed E-state index contributed by atoms with van der Waals surface area (Å²) in [6, 6.07) is 9.72. The number of carbonyl (C=O) groups is 1. The molecule has 0 unspecified atom stereocenters. The van der Waals surface area contributed by atoms with E-state index in [0.29, 0.717) is 34.3 Å². The Bertz CT molecular complexity index is 963. The fourth-order valence-electron chi connectivity index (χ4n) is 3.63. The van der Waals surface area contributed by atoms with Crippen LogP contribution in [0.25, 0.3) is 0 Å². The molecule has 0 saturated carbocycles. The maximum atomic E-state index is 12.9. The minimum Gasteiger partial charge on any atom is -0.343 e. The lowest BCUT2D eigenvalue weighted by atomic mass is 9.76. The molecule has 5 nitrogen and oxygen atoms in total. The number of rotatable bonds is 4. The summed E-state index contributed by atoms with van der Waals surface area (Å²) in [5.74, 6) is 0.964. The van der Waals surface area contributed by atoms with Crippen LogP contribution in [0.15, 0.2) is 64.2 Å². The molecule has 4 rings (SSSR count). The van der Waals surface area contributed by atoms with Gasteiger partial charge in [0.1, 0.15) is 5.82 Å². The van der Waals surface area contributed by atoms with E-state index in [0.717, 1.165) is 24.1 Å². The Labute approximate surface area is 155 Å². The van der Waals surface area contributed by atoms with Crippen LogP contribution in [0.4, 0.5) is 5.82 Å². The van der Waals surface area contributed by atoms with Crippen LogP contribution in [0.1, 0.15) is 36.3 Å². The maximum absolute atomic E-state index is 12.9. The summed E-state index contributed by atoms with van der Waals surface area (Å²) in [6.45, 7) is 3.70. The van der Waals surface area contributed by atoms with Crippen molar-refractivity contribution in [1.82, 2.24) is 9.97 Å². The molecule has 0 amide bonds. The van der Waals surface area contributed by atoms with Crippen LogP contribution < -0.4 is 10.9 Å². The number of aromatic nitrogens is 2. The third kappa shape index (κ3) is 2.90. The molecule has 1 aliphatic carbocycles. The Morgan fingerprint density at radius 1 is 1.23 bits per heavy atom. The van der Waals surface area contributed by atoms with Crippen LogP contribution in [-0.4, -0.2) is 21.5 Å². The van der Waals surface area contributed by atoms with Crippen LogP contribution in [0, 0.1) is 0 Å². The van der Waals surface area contributed by atoms with E-state index in [4.69, 9.17) is 0 Å². The van der Waals surface area contributed by atoms with Crippen molar-refractivity contribution in [3.63, 3.8) is 0 Å². The van der Waals surface area contributed by atoms with Gasteiger partial charge in [-0.1, -0.05) is 48.2 Å². The Kier molecular flexibility index (Phi) is 4.51. The van der Waals surface area contributed by atoms with Crippen LogP contribution in [0.3, 0.4) is 0 Å². The van der Waals surface area contributed by atoms with Crippen LogP contribution in [0.2, 0.25) is 0 Å². The summed E-state index contributed by atoms with van der Waals surface area (Å²) in [6.07, 6.45) is 3.92. The van der Waals surface area contributed by atoms with Crippen molar-refractivity contribution in [1.29, 1.82) is 0 Å². The van der Waals surface area contributed by atoms with Crippen LogP contribution in [-0.2, 0) is 4.79 Å². The Hall–Kier alpha value is -2.60. The number of nitrogens with one attached hydrogen (secondary N) is 2. The van der Waals surface area contributed by atoms with Gasteiger partial charge in [-0.15, -0.1) is 6.58 Å². The van der Waals surface area contributed by atoms with E-state index in [1.165, 1.54) is 11.8 Å². The zero-order valence-electron chi connectivity index (χ0n) is 14.2. The van der Waals surface area contributed by atoms with E-state index in [-0.39, 0.29) is 17.3 Å². The SMILES string of the molecule is C=CCSc1nc2c(c(=O)[nH]1)[C@@H](c1ccccc1)C1=C(CCCC1=O)N2. The second kappa shape index (κ2) is 6.96. The lowest BCUT2D eigenvalue weighted by Crippen LogP contribution is -2.32. The van der Waals surface area contributed by atoms with Crippen molar-refractivity contribution in [3.8, 4) is 0 Å². The predicted octanol–water partition coefficient (Wildman–Crippen LogP) is 3.61. The average molecular weight is 365 g/mol. The number of thioether (sulfide) groups is 1. The molecule has 0 spiro atoms. The number of nitrogens with zero attached hydrogens (tertiary/aromatic N) is 1. The summed E-state index contributed by atoms with van der Waals surface area (Å²) >= 11 is 1.43. The van der Waals surface area contributed by atoms with Gasteiger partial charge in [0.25, 0.3) is 5.56 Å². The smallest absolute Gasteiger partial charge is 0.257 e. The van der Waals surface area contributed by atoms with E-state index >= 15 is 0 Å². The van der Waals surface area contributed by atoms with Gasteiger partial charge >= 0.3 is 0 Å². The molecule has 2 N–H and O–H groups in total. The molecule has 2 aromatic rings. The highest BCUT2D eigenvalue weighted by atomic mass is 32.2. The van der Waals surface area contributed by atoms with Gasteiger partial charge in [0, 0.05) is 29.4 Å². The van der Waals surface area contributed by atoms with Gasteiger partial charge in [0.2, 0.25) is 0 Å². The van der Waals surface area contributed by atoms with Crippen LogP contribution >= 0.6 is 11.8 Å². The summed E-state index contributed by atoms with van der Waals surface area (Å²) in [4.78, 5) is 33.1. The second-order valence-electron chi connectivity index (χ2n) is 6.37. The fourth-order valence-corrected chi connectivity index (χ4v) is 4.22. The van der Waals surface area contributed by atoms with Gasteiger partial charge in [0.15, 0.2) is 10.9 Å². The number of hydrogen-bond acceptors (Lipinski definition) is 5. The van der Waals surface area contributed by atoms with E-state index in [1.807, 2.05) is 30.3 Å². The molecule has 0 bridgehead atoms. The molecule has 2 heterocycles. The molecule has 0 radical (unpaired) electrons. The molecule has 0 fully saturated rings. The number of anilines is 1. The van der Waals surface area contributed by atoms with E-state index in [1.54, 1.807) is 6.08 Å². The molecule has 1 aromatic carbocycles. The first-order valence-corrected chi connectivity index (χ1v) is 9.63. The Morgan fingerprint density at radius 2 is 2.04 bits per heavy atom. The zero-order chi connectivity index (χ0) is 18.1. The fraction of sp³-hybridized carbons (Fsp3) is 0.250.